The van der Waals surface area contributed by atoms with Crippen LogP contribution >= 0.6 is 0 Å². The molecule has 0 saturated carbocycles. The third-order valence-electron chi connectivity index (χ3n) is 1.94. The van der Waals surface area contributed by atoms with Crippen LogP contribution in [0.1, 0.15) is 19.5 Å². The van der Waals surface area contributed by atoms with E-state index in [9.17, 15) is 5.02 Å². The number of aryl methyl sites for hydroxylation is 1. The van der Waals surface area contributed by atoms with E-state index in [-0.39, 0.29) is 0 Å². The molecule has 2 aromatic heterocycles. The van der Waals surface area contributed by atoms with E-state index < -0.39 is 6.92 Å². The third-order valence-corrected chi connectivity index (χ3v) is 1.94. The lowest BCUT2D eigenvalue weighted by atomic mass is 9.65. The first-order chi connectivity index (χ1) is 7.16. The fraction of sp³-hybridized carbons (Fsp3) is 0.400. The zero-order chi connectivity index (χ0) is 11.4. The van der Waals surface area contributed by atoms with E-state index in [2.05, 4.69) is 10.1 Å². The molecule has 0 aromatic carbocycles. The highest BCUT2D eigenvalue weighted by Crippen LogP contribution is 1.99. The molecule has 15 heavy (non-hydrogen) atoms. The Morgan fingerprint density at radius 1 is 1.40 bits per heavy atom. The van der Waals surface area contributed by atoms with Crippen LogP contribution in [0.5, 0.6) is 0 Å². The van der Waals surface area contributed by atoms with Crippen LogP contribution in [-0.4, -0.2) is 26.5 Å². The van der Waals surface area contributed by atoms with Gasteiger partial charge in [-0.1, -0.05) is 20.7 Å². The van der Waals surface area contributed by atoms with Crippen LogP contribution in [0.25, 0.3) is 5.65 Å². The van der Waals surface area contributed by atoms with E-state index in [0.29, 0.717) is 0 Å². The summed E-state index contributed by atoms with van der Waals surface area (Å²) in [6.07, 6.45) is 3.50. The van der Waals surface area contributed by atoms with Crippen molar-refractivity contribution in [2.75, 3.05) is 0 Å². The molecule has 0 saturated heterocycles. The Morgan fingerprint density at radius 2 is 2.07 bits per heavy atom. The Bertz CT molecular complexity index is 439. The Hall–Kier alpha value is -1.36. The summed E-state index contributed by atoms with van der Waals surface area (Å²) in [7, 11) is 0. The van der Waals surface area contributed by atoms with Crippen LogP contribution in [0, 0.1) is 6.92 Å². The number of aromatic nitrogens is 3. The van der Waals surface area contributed by atoms with Crippen molar-refractivity contribution < 1.29 is 5.02 Å². The van der Waals surface area contributed by atoms with Gasteiger partial charge in [0.2, 0.25) is 0 Å². The molecule has 0 bridgehead atoms. The molecular weight excluding hydrogens is 189 g/mol. The molecule has 2 heterocycles. The Morgan fingerprint density at radius 3 is 2.67 bits per heavy atom. The van der Waals surface area contributed by atoms with Gasteiger partial charge in [-0.2, -0.15) is 5.10 Å². The standard InChI is InChI=1S/C8H10BN3O.C2H6/c1-6-5-12-8(11-6)3-7(4-10-12)9(2)13;1-2/h3-5,13H,1-2H3;1-2H3. The van der Waals surface area contributed by atoms with Crippen LogP contribution in [-0.2, 0) is 0 Å². The van der Waals surface area contributed by atoms with Gasteiger partial charge in [0.05, 0.1) is 11.9 Å². The number of fused-ring (bicyclic) bond motifs is 1. The van der Waals surface area contributed by atoms with Crippen LogP contribution in [0.15, 0.2) is 18.5 Å². The van der Waals surface area contributed by atoms with Crippen molar-refractivity contribution in [3.8, 4) is 0 Å². The largest absolute Gasteiger partial charge is 0.446 e. The summed E-state index contributed by atoms with van der Waals surface area (Å²) in [6, 6.07) is 1.84. The predicted molar refractivity (Wildman–Crippen MR) is 62.5 cm³/mol. The van der Waals surface area contributed by atoms with Crippen molar-refractivity contribution in [1.82, 2.24) is 14.6 Å². The van der Waals surface area contributed by atoms with Gasteiger partial charge in [0.15, 0.2) is 5.65 Å². The minimum absolute atomic E-state index is 0.491. The summed E-state index contributed by atoms with van der Waals surface area (Å²) in [5.41, 5.74) is 2.49. The van der Waals surface area contributed by atoms with Gasteiger partial charge in [-0.25, -0.2) is 9.50 Å². The van der Waals surface area contributed by atoms with Gasteiger partial charge < -0.3 is 5.02 Å². The summed E-state index contributed by atoms with van der Waals surface area (Å²) in [5.74, 6) is 0. The van der Waals surface area contributed by atoms with Gasteiger partial charge in [-0.05, 0) is 18.5 Å². The van der Waals surface area contributed by atoms with Crippen molar-refractivity contribution in [1.29, 1.82) is 0 Å². The zero-order valence-electron chi connectivity index (χ0n) is 9.60. The average Bonchev–Trinajstić information content (AvgIpc) is 2.59. The van der Waals surface area contributed by atoms with E-state index in [1.54, 1.807) is 17.5 Å². The Labute approximate surface area is 90.1 Å². The second kappa shape index (κ2) is 4.93. The van der Waals surface area contributed by atoms with Gasteiger partial charge in [-0.3, -0.25) is 0 Å². The lowest BCUT2D eigenvalue weighted by Crippen LogP contribution is -2.27. The zero-order valence-corrected chi connectivity index (χ0v) is 9.60. The second-order valence-electron chi connectivity index (χ2n) is 3.15. The minimum Gasteiger partial charge on any atom is -0.446 e. The molecule has 2 aromatic rings. The first-order valence-corrected chi connectivity index (χ1v) is 5.17. The molecule has 2 rings (SSSR count). The fourth-order valence-corrected chi connectivity index (χ4v) is 1.24. The number of nitrogens with zero attached hydrogens (tertiary/aromatic N) is 3. The molecular formula is C10H16BN3O. The van der Waals surface area contributed by atoms with Gasteiger partial charge in [0.1, 0.15) is 0 Å². The van der Waals surface area contributed by atoms with Crippen LogP contribution < -0.4 is 5.46 Å². The highest BCUT2D eigenvalue weighted by Gasteiger charge is 2.08. The molecule has 0 radical (unpaired) electrons. The van der Waals surface area contributed by atoms with E-state index in [4.69, 9.17) is 0 Å². The summed E-state index contributed by atoms with van der Waals surface area (Å²) >= 11 is 0. The molecule has 0 aliphatic carbocycles. The number of rotatable bonds is 1. The molecule has 4 nitrogen and oxygen atoms in total. The van der Waals surface area contributed by atoms with E-state index in [0.717, 1.165) is 16.8 Å². The highest BCUT2D eigenvalue weighted by atomic mass is 16.2. The maximum absolute atomic E-state index is 9.31. The van der Waals surface area contributed by atoms with Crippen molar-refractivity contribution in [2.24, 2.45) is 0 Å². The van der Waals surface area contributed by atoms with Crippen molar-refractivity contribution in [3.05, 3.63) is 24.2 Å². The first-order valence-electron chi connectivity index (χ1n) is 5.17. The molecule has 0 amide bonds. The lowest BCUT2D eigenvalue weighted by molar-refractivity contribution is 0.593. The van der Waals surface area contributed by atoms with Gasteiger partial charge >= 0.3 is 6.92 Å². The molecule has 0 aliphatic heterocycles. The second-order valence-corrected chi connectivity index (χ2v) is 3.15. The first kappa shape index (κ1) is 11.7. The monoisotopic (exact) mass is 205 g/mol. The van der Waals surface area contributed by atoms with E-state index >= 15 is 0 Å². The fourth-order valence-electron chi connectivity index (χ4n) is 1.24. The van der Waals surface area contributed by atoms with Gasteiger partial charge in [-0.15, -0.1) is 0 Å². The smallest absolute Gasteiger partial charge is 0.322 e. The lowest BCUT2D eigenvalue weighted by Gasteiger charge is -1.99. The summed E-state index contributed by atoms with van der Waals surface area (Å²) < 4.78 is 1.70. The number of imidazole rings is 1. The third kappa shape index (κ3) is 2.56. The van der Waals surface area contributed by atoms with Crippen molar-refractivity contribution in [2.45, 2.75) is 27.6 Å². The van der Waals surface area contributed by atoms with Gasteiger partial charge in [0.25, 0.3) is 0 Å². The molecule has 0 unspecified atom stereocenters. The van der Waals surface area contributed by atoms with Gasteiger partial charge in [0, 0.05) is 6.20 Å². The maximum Gasteiger partial charge on any atom is 0.322 e. The average molecular weight is 205 g/mol. The number of hydrogen-bond donors (Lipinski definition) is 1. The van der Waals surface area contributed by atoms with Crippen LogP contribution in [0.2, 0.25) is 6.82 Å². The quantitative estimate of drug-likeness (QED) is 0.703. The summed E-state index contributed by atoms with van der Waals surface area (Å²) in [4.78, 5) is 4.25. The van der Waals surface area contributed by atoms with E-state index in [1.807, 2.05) is 33.0 Å². The number of hydrogen-bond acceptors (Lipinski definition) is 3. The molecule has 0 spiro atoms. The van der Waals surface area contributed by atoms with Crippen molar-refractivity contribution >= 4 is 18.0 Å². The molecule has 1 N–H and O–H groups in total. The topological polar surface area (TPSA) is 50.4 Å². The van der Waals surface area contributed by atoms with E-state index in [1.165, 1.54) is 0 Å². The maximum atomic E-state index is 9.31. The van der Waals surface area contributed by atoms with Crippen molar-refractivity contribution in [3.63, 3.8) is 0 Å². The minimum atomic E-state index is -0.491. The van der Waals surface area contributed by atoms with Crippen LogP contribution in [0.4, 0.5) is 0 Å². The predicted octanol–water partition coefficient (Wildman–Crippen LogP) is 0.885. The molecule has 80 valence electrons. The SMILES string of the molecule is CB(O)c1cnn2cc(C)nc2c1.CC. The molecule has 0 fully saturated rings. The van der Waals surface area contributed by atoms with Crippen LogP contribution in [0.3, 0.4) is 0 Å². The summed E-state index contributed by atoms with van der Waals surface area (Å²) in [5, 5.41) is 13.4. The molecule has 5 heteroatoms. The molecule has 0 atom stereocenters. The Kier molecular flexibility index (Phi) is 3.85. The summed E-state index contributed by atoms with van der Waals surface area (Å²) in [6.45, 7) is 7.13. The normalized spacial score (nSPS) is 9.67. The highest BCUT2D eigenvalue weighted by molar-refractivity contribution is 6.64. The molecule has 0 aliphatic rings. The Balaban J connectivity index is 0.000000531.